The lowest BCUT2D eigenvalue weighted by Crippen LogP contribution is -2.52. The van der Waals surface area contributed by atoms with Crippen LogP contribution >= 0.6 is 0 Å². The monoisotopic (exact) mass is 287 g/mol. The summed E-state index contributed by atoms with van der Waals surface area (Å²) in [5.41, 5.74) is 8.59. The van der Waals surface area contributed by atoms with E-state index in [0.717, 1.165) is 18.4 Å². The van der Waals surface area contributed by atoms with Gasteiger partial charge >= 0.3 is 0 Å². The van der Waals surface area contributed by atoms with Gasteiger partial charge in [-0.2, -0.15) is 0 Å². The summed E-state index contributed by atoms with van der Waals surface area (Å²) < 4.78 is 0. The molecule has 2 N–H and O–H groups in total. The molecule has 3 rings (SSSR count). The standard InChI is InChI=1S/C18H29N3/c1-20-10-4-7-17-14-21(12-9-18(17)20)11-8-15-5-2-3-6-16(15)13-19/h2-3,5-6,17-18H,4,7-14,19H2,1H3. The van der Waals surface area contributed by atoms with Gasteiger partial charge in [0.2, 0.25) is 0 Å². The van der Waals surface area contributed by atoms with Crippen LogP contribution in [0.15, 0.2) is 24.3 Å². The van der Waals surface area contributed by atoms with Gasteiger partial charge in [0.15, 0.2) is 0 Å². The predicted octanol–water partition coefficient (Wildman–Crippen LogP) is 2.10. The topological polar surface area (TPSA) is 32.5 Å². The highest BCUT2D eigenvalue weighted by Crippen LogP contribution is 2.29. The highest BCUT2D eigenvalue weighted by atomic mass is 15.2. The number of likely N-dealkylation sites (tertiary alicyclic amines) is 2. The zero-order valence-electron chi connectivity index (χ0n) is 13.3. The second-order valence-corrected chi connectivity index (χ2v) is 6.76. The van der Waals surface area contributed by atoms with Gasteiger partial charge in [0.25, 0.3) is 0 Å². The number of piperidine rings is 2. The normalized spacial score (nSPS) is 27.5. The van der Waals surface area contributed by atoms with Crippen molar-refractivity contribution in [2.45, 2.75) is 38.3 Å². The van der Waals surface area contributed by atoms with Crippen LogP contribution < -0.4 is 5.73 Å². The number of fused-ring (bicyclic) bond motifs is 1. The quantitative estimate of drug-likeness (QED) is 0.920. The lowest BCUT2D eigenvalue weighted by atomic mass is 9.84. The molecule has 116 valence electrons. The average Bonchev–Trinajstić information content (AvgIpc) is 2.53. The van der Waals surface area contributed by atoms with E-state index in [2.05, 4.69) is 41.1 Å². The molecule has 2 fully saturated rings. The summed E-state index contributed by atoms with van der Waals surface area (Å²) in [6, 6.07) is 9.47. The highest BCUT2D eigenvalue weighted by Gasteiger charge is 2.33. The third kappa shape index (κ3) is 3.47. The largest absolute Gasteiger partial charge is 0.326 e. The summed E-state index contributed by atoms with van der Waals surface area (Å²) in [4.78, 5) is 5.27. The minimum atomic E-state index is 0.658. The maximum Gasteiger partial charge on any atom is 0.0180 e. The van der Waals surface area contributed by atoms with E-state index in [9.17, 15) is 0 Å². The Morgan fingerprint density at radius 3 is 2.76 bits per heavy atom. The summed E-state index contributed by atoms with van der Waals surface area (Å²) >= 11 is 0. The van der Waals surface area contributed by atoms with Crippen molar-refractivity contribution < 1.29 is 0 Å². The molecule has 2 aliphatic rings. The average molecular weight is 287 g/mol. The predicted molar refractivity (Wildman–Crippen MR) is 88.2 cm³/mol. The van der Waals surface area contributed by atoms with Gasteiger partial charge in [0.1, 0.15) is 0 Å². The van der Waals surface area contributed by atoms with E-state index < -0.39 is 0 Å². The van der Waals surface area contributed by atoms with E-state index in [0.29, 0.717) is 6.54 Å². The third-order valence-electron chi connectivity index (χ3n) is 5.47. The Labute approximate surface area is 129 Å². The Bertz CT molecular complexity index is 460. The first-order valence-electron chi connectivity index (χ1n) is 8.47. The Morgan fingerprint density at radius 2 is 1.95 bits per heavy atom. The van der Waals surface area contributed by atoms with Crippen LogP contribution in [0.3, 0.4) is 0 Å². The Balaban J connectivity index is 1.55. The summed E-state index contributed by atoms with van der Waals surface area (Å²) in [6.07, 6.45) is 5.28. The van der Waals surface area contributed by atoms with Crippen molar-refractivity contribution >= 4 is 0 Å². The number of hydrogen-bond donors (Lipinski definition) is 1. The molecule has 0 amide bonds. The van der Waals surface area contributed by atoms with E-state index in [1.54, 1.807) is 0 Å². The summed E-state index contributed by atoms with van der Waals surface area (Å²) in [5, 5.41) is 0. The van der Waals surface area contributed by atoms with Crippen molar-refractivity contribution in [3.8, 4) is 0 Å². The Hall–Kier alpha value is -0.900. The van der Waals surface area contributed by atoms with Crippen molar-refractivity contribution in [2.24, 2.45) is 11.7 Å². The zero-order valence-corrected chi connectivity index (χ0v) is 13.3. The molecule has 2 atom stereocenters. The van der Waals surface area contributed by atoms with E-state index >= 15 is 0 Å². The molecule has 3 heteroatoms. The molecule has 3 nitrogen and oxygen atoms in total. The Kier molecular flexibility index (Phi) is 4.94. The van der Waals surface area contributed by atoms with Crippen LogP contribution in [0.25, 0.3) is 0 Å². The van der Waals surface area contributed by atoms with Gasteiger partial charge in [-0.05, 0) is 62.9 Å². The van der Waals surface area contributed by atoms with Crippen LogP contribution in [-0.2, 0) is 13.0 Å². The van der Waals surface area contributed by atoms with Crippen molar-refractivity contribution in [1.29, 1.82) is 0 Å². The van der Waals surface area contributed by atoms with E-state index in [-0.39, 0.29) is 0 Å². The molecule has 2 unspecified atom stereocenters. The summed E-state index contributed by atoms with van der Waals surface area (Å²) in [5.74, 6) is 0.891. The molecule has 0 radical (unpaired) electrons. The smallest absolute Gasteiger partial charge is 0.0180 e. The summed E-state index contributed by atoms with van der Waals surface area (Å²) in [7, 11) is 2.31. The molecule has 0 aromatic heterocycles. The van der Waals surface area contributed by atoms with Gasteiger partial charge in [0.05, 0.1) is 0 Å². The first-order chi connectivity index (χ1) is 10.3. The first-order valence-corrected chi connectivity index (χ1v) is 8.47. The van der Waals surface area contributed by atoms with E-state index in [1.807, 2.05) is 0 Å². The van der Waals surface area contributed by atoms with Crippen LogP contribution in [0.1, 0.15) is 30.4 Å². The van der Waals surface area contributed by atoms with Gasteiger partial charge in [-0.1, -0.05) is 24.3 Å². The van der Waals surface area contributed by atoms with Gasteiger partial charge in [0, 0.05) is 25.7 Å². The molecule has 0 saturated carbocycles. The maximum atomic E-state index is 5.84. The molecule has 2 aliphatic heterocycles. The fourth-order valence-electron chi connectivity index (χ4n) is 4.21. The van der Waals surface area contributed by atoms with E-state index in [4.69, 9.17) is 5.73 Å². The van der Waals surface area contributed by atoms with Crippen molar-refractivity contribution in [1.82, 2.24) is 9.80 Å². The Morgan fingerprint density at radius 1 is 1.14 bits per heavy atom. The van der Waals surface area contributed by atoms with Gasteiger partial charge in [-0.25, -0.2) is 0 Å². The third-order valence-corrected chi connectivity index (χ3v) is 5.47. The summed E-state index contributed by atoms with van der Waals surface area (Å²) in [6.45, 7) is 5.69. The van der Waals surface area contributed by atoms with Crippen LogP contribution in [0.5, 0.6) is 0 Å². The maximum absolute atomic E-state index is 5.84. The molecular formula is C18H29N3. The molecule has 0 bridgehead atoms. The lowest BCUT2D eigenvalue weighted by molar-refractivity contribution is 0.0391. The molecule has 1 aromatic carbocycles. The first kappa shape index (κ1) is 15.0. The molecule has 1 aromatic rings. The molecule has 0 spiro atoms. The number of hydrogen-bond acceptors (Lipinski definition) is 3. The molecule has 0 aliphatic carbocycles. The fourth-order valence-corrected chi connectivity index (χ4v) is 4.21. The number of nitrogens with zero attached hydrogens (tertiary/aromatic N) is 2. The van der Waals surface area contributed by atoms with Crippen LogP contribution in [0.4, 0.5) is 0 Å². The van der Waals surface area contributed by atoms with Crippen LogP contribution in [0.2, 0.25) is 0 Å². The molecule has 2 saturated heterocycles. The molecule has 2 heterocycles. The van der Waals surface area contributed by atoms with Crippen LogP contribution in [0, 0.1) is 5.92 Å². The minimum Gasteiger partial charge on any atom is -0.326 e. The zero-order chi connectivity index (χ0) is 14.7. The van der Waals surface area contributed by atoms with Gasteiger partial charge in [-0.15, -0.1) is 0 Å². The van der Waals surface area contributed by atoms with Gasteiger partial charge in [-0.3, -0.25) is 0 Å². The fraction of sp³-hybridized carbons (Fsp3) is 0.667. The highest BCUT2D eigenvalue weighted by molar-refractivity contribution is 5.27. The van der Waals surface area contributed by atoms with Crippen molar-refractivity contribution in [2.75, 3.05) is 33.2 Å². The SMILES string of the molecule is CN1CCCC2CN(CCc3ccccc3CN)CCC21. The number of benzene rings is 1. The second-order valence-electron chi connectivity index (χ2n) is 6.76. The molecular weight excluding hydrogens is 258 g/mol. The van der Waals surface area contributed by atoms with Crippen LogP contribution in [-0.4, -0.2) is 49.1 Å². The number of rotatable bonds is 4. The van der Waals surface area contributed by atoms with E-state index in [1.165, 1.54) is 56.6 Å². The van der Waals surface area contributed by atoms with Crippen molar-refractivity contribution in [3.63, 3.8) is 0 Å². The second kappa shape index (κ2) is 6.91. The molecule has 21 heavy (non-hydrogen) atoms. The van der Waals surface area contributed by atoms with Gasteiger partial charge < -0.3 is 15.5 Å². The van der Waals surface area contributed by atoms with Crippen molar-refractivity contribution in [3.05, 3.63) is 35.4 Å². The number of nitrogens with two attached hydrogens (primary N) is 1. The minimum absolute atomic E-state index is 0.658. The lowest BCUT2D eigenvalue weighted by Gasteiger charge is -2.46.